The van der Waals surface area contributed by atoms with Gasteiger partial charge in [-0.05, 0) is 50.1 Å². The van der Waals surface area contributed by atoms with Crippen molar-refractivity contribution >= 4 is 15.7 Å². The molecule has 6 heteroatoms. The topological polar surface area (TPSA) is 69.6 Å². The number of aliphatic hydroxyl groups is 1. The fourth-order valence-electron chi connectivity index (χ4n) is 2.33. The van der Waals surface area contributed by atoms with Crippen molar-refractivity contribution < 1.29 is 13.5 Å². The number of rotatable bonds is 4. The summed E-state index contributed by atoms with van der Waals surface area (Å²) in [7, 11) is -1.95. The van der Waals surface area contributed by atoms with Gasteiger partial charge < -0.3 is 10.0 Å². The molecule has 1 aromatic carbocycles. The fraction of sp³-hybridized carbons (Fsp3) is 0.538. The molecule has 2 rings (SSSR count). The number of hydrogen-bond donors (Lipinski definition) is 2. The summed E-state index contributed by atoms with van der Waals surface area (Å²) in [6, 6.07) is 6.92. The summed E-state index contributed by atoms with van der Waals surface area (Å²) >= 11 is 0. The van der Waals surface area contributed by atoms with Gasteiger partial charge in [-0.1, -0.05) is 0 Å². The summed E-state index contributed by atoms with van der Waals surface area (Å²) in [5, 5.41) is 9.11. The Labute approximate surface area is 114 Å². The van der Waals surface area contributed by atoms with Gasteiger partial charge in [0.15, 0.2) is 0 Å². The lowest BCUT2D eigenvalue weighted by Crippen LogP contribution is -2.34. The molecule has 0 aromatic heterocycles. The summed E-state index contributed by atoms with van der Waals surface area (Å²) in [5.41, 5.74) is 1.03. The van der Waals surface area contributed by atoms with E-state index in [1.54, 1.807) is 12.1 Å². The molecule has 1 aliphatic heterocycles. The lowest BCUT2D eigenvalue weighted by molar-refractivity contribution is 0.203. The lowest BCUT2D eigenvalue weighted by Gasteiger charge is -2.32. The van der Waals surface area contributed by atoms with E-state index in [0.717, 1.165) is 31.6 Å². The third-order valence-electron chi connectivity index (χ3n) is 3.65. The number of benzene rings is 1. The van der Waals surface area contributed by atoms with Crippen LogP contribution in [-0.2, 0) is 10.0 Å². The number of piperidine rings is 1. The molecule has 0 spiro atoms. The van der Waals surface area contributed by atoms with Crippen LogP contribution in [-0.4, -0.2) is 40.3 Å². The summed E-state index contributed by atoms with van der Waals surface area (Å²) < 4.78 is 25.5. The Balaban J connectivity index is 2.07. The minimum absolute atomic E-state index is 0.257. The smallest absolute Gasteiger partial charge is 0.240 e. The van der Waals surface area contributed by atoms with Crippen molar-refractivity contribution in [2.24, 2.45) is 5.92 Å². The van der Waals surface area contributed by atoms with E-state index in [4.69, 9.17) is 5.11 Å². The van der Waals surface area contributed by atoms with Crippen LogP contribution in [0, 0.1) is 5.92 Å². The number of nitrogens with zero attached hydrogens (tertiary/aromatic N) is 1. The van der Waals surface area contributed by atoms with Crippen LogP contribution < -0.4 is 9.62 Å². The Morgan fingerprint density at radius 1 is 1.26 bits per heavy atom. The summed E-state index contributed by atoms with van der Waals surface area (Å²) in [6.07, 6.45) is 1.96. The van der Waals surface area contributed by atoms with Gasteiger partial charge in [0, 0.05) is 25.4 Å². The minimum Gasteiger partial charge on any atom is -0.396 e. The van der Waals surface area contributed by atoms with E-state index in [-0.39, 0.29) is 11.5 Å². The molecular weight excluding hydrogens is 264 g/mol. The van der Waals surface area contributed by atoms with Crippen molar-refractivity contribution in [3.05, 3.63) is 24.3 Å². The third kappa shape index (κ3) is 3.26. The van der Waals surface area contributed by atoms with Gasteiger partial charge in [0.05, 0.1) is 4.90 Å². The first-order valence-corrected chi connectivity index (χ1v) is 7.94. The van der Waals surface area contributed by atoms with Crippen molar-refractivity contribution in [1.82, 2.24) is 4.72 Å². The Morgan fingerprint density at radius 2 is 1.84 bits per heavy atom. The first-order chi connectivity index (χ1) is 9.06. The normalized spacial score (nSPS) is 17.7. The Morgan fingerprint density at radius 3 is 2.32 bits per heavy atom. The van der Waals surface area contributed by atoms with Crippen molar-refractivity contribution in [3.63, 3.8) is 0 Å². The van der Waals surface area contributed by atoms with Crippen molar-refractivity contribution in [3.8, 4) is 0 Å². The number of sulfonamides is 1. The van der Waals surface area contributed by atoms with Gasteiger partial charge in [-0.15, -0.1) is 0 Å². The van der Waals surface area contributed by atoms with Crippen molar-refractivity contribution in [1.29, 1.82) is 0 Å². The standard InChI is InChI=1S/C13H20N2O3S/c1-14-19(17,18)13-4-2-12(3-5-13)15-8-6-11(10-16)7-9-15/h2-5,11,14,16H,6-10H2,1H3. The molecule has 106 valence electrons. The van der Waals surface area contributed by atoms with Gasteiger partial charge in [0.1, 0.15) is 0 Å². The van der Waals surface area contributed by atoms with Crippen LogP contribution in [0.5, 0.6) is 0 Å². The Kier molecular flexibility index (Phi) is 4.44. The van der Waals surface area contributed by atoms with Crippen LogP contribution in [0.25, 0.3) is 0 Å². The molecule has 0 amide bonds. The SMILES string of the molecule is CNS(=O)(=O)c1ccc(N2CCC(CO)CC2)cc1. The molecule has 19 heavy (non-hydrogen) atoms. The van der Waals surface area contributed by atoms with Crippen LogP contribution in [0.2, 0.25) is 0 Å². The molecule has 0 unspecified atom stereocenters. The first-order valence-electron chi connectivity index (χ1n) is 6.46. The van der Waals surface area contributed by atoms with Crippen molar-refractivity contribution in [2.45, 2.75) is 17.7 Å². The average Bonchev–Trinajstić information content (AvgIpc) is 2.47. The second-order valence-corrected chi connectivity index (χ2v) is 6.70. The molecule has 0 aliphatic carbocycles. The Bertz CT molecular complexity index is 505. The van der Waals surface area contributed by atoms with E-state index in [9.17, 15) is 8.42 Å². The van der Waals surface area contributed by atoms with E-state index in [0.29, 0.717) is 5.92 Å². The minimum atomic E-state index is -3.36. The van der Waals surface area contributed by atoms with Gasteiger partial charge in [0.25, 0.3) is 0 Å². The largest absolute Gasteiger partial charge is 0.396 e. The molecule has 5 nitrogen and oxygen atoms in total. The van der Waals surface area contributed by atoms with Gasteiger partial charge in [-0.3, -0.25) is 0 Å². The third-order valence-corrected chi connectivity index (χ3v) is 5.08. The second kappa shape index (κ2) is 5.90. The zero-order valence-corrected chi connectivity index (χ0v) is 11.9. The maximum Gasteiger partial charge on any atom is 0.240 e. The van der Waals surface area contributed by atoms with Crippen molar-refractivity contribution in [2.75, 3.05) is 31.6 Å². The molecule has 0 bridgehead atoms. The molecule has 1 heterocycles. The molecule has 2 N–H and O–H groups in total. The van der Waals surface area contributed by atoms with E-state index in [1.165, 1.54) is 7.05 Å². The molecular formula is C13H20N2O3S. The fourth-order valence-corrected chi connectivity index (χ4v) is 3.06. The highest BCUT2D eigenvalue weighted by molar-refractivity contribution is 7.89. The maximum absolute atomic E-state index is 11.6. The summed E-state index contributed by atoms with van der Waals surface area (Å²) in [6.45, 7) is 2.07. The molecule has 1 aliphatic rings. The zero-order valence-electron chi connectivity index (χ0n) is 11.0. The maximum atomic E-state index is 11.6. The molecule has 0 radical (unpaired) electrons. The number of anilines is 1. The van der Waals surface area contributed by atoms with Gasteiger partial charge in [-0.25, -0.2) is 13.1 Å². The quantitative estimate of drug-likeness (QED) is 0.858. The van der Waals surface area contributed by atoms with Crippen LogP contribution >= 0.6 is 0 Å². The van der Waals surface area contributed by atoms with Crippen LogP contribution in [0.4, 0.5) is 5.69 Å². The predicted molar refractivity (Wildman–Crippen MR) is 74.7 cm³/mol. The summed E-state index contributed by atoms with van der Waals surface area (Å²) in [4.78, 5) is 2.51. The van der Waals surface area contributed by atoms with E-state index in [2.05, 4.69) is 9.62 Å². The zero-order chi connectivity index (χ0) is 13.9. The molecule has 0 saturated carbocycles. The van der Waals surface area contributed by atoms with Gasteiger partial charge in [-0.2, -0.15) is 0 Å². The Hall–Kier alpha value is -1.11. The number of nitrogens with one attached hydrogen (secondary N) is 1. The summed E-state index contributed by atoms with van der Waals surface area (Å²) in [5.74, 6) is 0.403. The van der Waals surface area contributed by atoms with Crippen LogP contribution in [0.1, 0.15) is 12.8 Å². The first kappa shape index (κ1) is 14.3. The van der Waals surface area contributed by atoms with Crippen LogP contribution in [0.3, 0.4) is 0 Å². The average molecular weight is 284 g/mol. The molecule has 1 aromatic rings. The highest BCUT2D eigenvalue weighted by Crippen LogP contribution is 2.24. The van der Waals surface area contributed by atoms with Crippen LogP contribution in [0.15, 0.2) is 29.2 Å². The van der Waals surface area contributed by atoms with E-state index >= 15 is 0 Å². The molecule has 1 fully saturated rings. The number of hydrogen-bond acceptors (Lipinski definition) is 4. The second-order valence-electron chi connectivity index (χ2n) is 4.81. The van der Waals surface area contributed by atoms with Gasteiger partial charge >= 0.3 is 0 Å². The highest BCUT2D eigenvalue weighted by atomic mass is 32.2. The van der Waals surface area contributed by atoms with E-state index < -0.39 is 10.0 Å². The number of aliphatic hydroxyl groups excluding tert-OH is 1. The van der Waals surface area contributed by atoms with Gasteiger partial charge in [0.2, 0.25) is 10.0 Å². The highest BCUT2D eigenvalue weighted by Gasteiger charge is 2.19. The molecule has 0 atom stereocenters. The molecule has 1 saturated heterocycles. The van der Waals surface area contributed by atoms with E-state index in [1.807, 2.05) is 12.1 Å². The lowest BCUT2D eigenvalue weighted by atomic mass is 9.97. The monoisotopic (exact) mass is 284 g/mol. The predicted octanol–water partition coefficient (Wildman–Crippen LogP) is 0.803.